The van der Waals surface area contributed by atoms with E-state index in [2.05, 4.69) is 75.6 Å². The summed E-state index contributed by atoms with van der Waals surface area (Å²) >= 11 is 1.86. The number of morpholine rings is 2. The van der Waals surface area contributed by atoms with Crippen LogP contribution in [0.5, 0.6) is 0 Å². The molecule has 1 aromatic heterocycles. The molecule has 5 rings (SSSR count). The molecule has 0 saturated carbocycles. The predicted octanol–water partition coefficient (Wildman–Crippen LogP) is 5.57. The molecule has 0 radical (unpaired) electrons. The number of benzene rings is 2. The van der Waals surface area contributed by atoms with Crippen molar-refractivity contribution in [3.63, 3.8) is 0 Å². The van der Waals surface area contributed by atoms with E-state index in [9.17, 15) is 0 Å². The molecule has 3 heterocycles. The number of hydrogen-bond acceptors (Lipinski definition) is 5. The number of anilines is 2. The molecular formula is C26H34N3O2S+. The van der Waals surface area contributed by atoms with Crippen molar-refractivity contribution in [3.05, 3.63) is 35.4 Å². The highest BCUT2D eigenvalue weighted by molar-refractivity contribution is 7.24. The molecule has 0 amide bonds. The largest absolute Gasteiger partial charge is 0.372 e. The molecule has 0 N–H and O–H groups in total. The molecule has 2 aliphatic heterocycles. The summed E-state index contributed by atoms with van der Waals surface area (Å²) in [6.45, 7) is 16.7. The third kappa shape index (κ3) is 4.16. The second-order valence-electron chi connectivity index (χ2n) is 9.76. The van der Waals surface area contributed by atoms with Crippen molar-refractivity contribution in [1.29, 1.82) is 0 Å². The van der Waals surface area contributed by atoms with Gasteiger partial charge in [0.15, 0.2) is 0 Å². The van der Waals surface area contributed by atoms with Gasteiger partial charge in [-0.1, -0.05) is 0 Å². The van der Waals surface area contributed by atoms with Gasteiger partial charge >= 0.3 is 0 Å². The molecule has 2 fully saturated rings. The van der Waals surface area contributed by atoms with Crippen molar-refractivity contribution >= 4 is 43.1 Å². The van der Waals surface area contributed by atoms with Crippen LogP contribution in [0, 0.1) is 13.8 Å². The van der Waals surface area contributed by atoms with E-state index in [1.807, 2.05) is 11.3 Å². The summed E-state index contributed by atoms with van der Waals surface area (Å²) in [5.41, 5.74) is 7.26. The van der Waals surface area contributed by atoms with Crippen LogP contribution in [0.3, 0.4) is 0 Å². The highest BCUT2D eigenvalue weighted by Crippen LogP contribution is 2.36. The van der Waals surface area contributed by atoms with Crippen LogP contribution in [0.2, 0.25) is 0 Å². The minimum Gasteiger partial charge on any atom is -0.372 e. The third-order valence-electron chi connectivity index (χ3n) is 6.51. The number of aromatic nitrogens is 1. The van der Waals surface area contributed by atoms with E-state index in [0.29, 0.717) is 0 Å². The van der Waals surface area contributed by atoms with E-state index >= 15 is 0 Å². The molecule has 0 spiro atoms. The number of aryl methyl sites for hydroxylation is 2. The van der Waals surface area contributed by atoms with Gasteiger partial charge < -0.3 is 19.3 Å². The zero-order valence-electron chi connectivity index (χ0n) is 20.0. The Kier molecular flexibility index (Phi) is 5.72. The van der Waals surface area contributed by atoms with Gasteiger partial charge in [0.1, 0.15) is 11.0 Å². The number of ether oxygens (including phenoxy) is 2. The Balaban J connectivity index is 1.58. The Morgan fingerprint density at radius 2 is 1.06 bits per heavy atom. The molecule has 0 bridgehead atoms. The van der Waals surface area contributed by atoms with Crippen LogP contribution in [0.25, 0.3) is 20.4 Å². The fourth-order valence-electron chi connectivity index (χ4n) is 5.27. The van der Waals surface area contributed by atoms with Crippen LogP contribution in [-0.2, 0) is 9.47 Å². The van der Waals surface area contributed by atoms with Gasteiger partial charge in [-0.05, 0) is 64.8 Å². The molecule has 2 aromatic carbocycles. The first-order valence-electron chi connectivity index (χ1n) is 11.8. The summed E-state index contributed by atoms with van der Waals surface area (Å²) in [7, 11) is 0. The second kappa shape index (κ2) is 8.40. The lowest BCUT2D eigenvalue weighted by atomic mass is 10.1. The summed E-state index contributed by atoms with van der Waals surface area (Å²) in [6.07, 6.45) is 0.988. The van der Waals surface area contributed by atoms with E-state index in [1.165, 1.54) is 31.9 Å². The van der Waals surface area contributed by atoms with Gasteiger partial charge in [-0.15, -0.1) is 0 Å². The van der Waals surface area contributed by atoms with Crippen LogP contribution in [-0.4, -0.2) is 55.6 Å². The molecule has 5 nitrogen and oxygen atoms in total. The average Bonchev–Trinajstić information content (AvgIpc) is 2.71. The van der Waals surface area contributed by atoms with Gasteiger partial charge in [-0.25, -0.2) is 4.98 Å². The van der Waals surface area contributed by atoms with Crippen molar-refractivity contribution in [3.8, 4) is 0 Å². The SMILES string of the molecule is Cc1cc(N2C[C@@H](C)O[C@H](C)C2)cc2[s+]c3cc(N4C[C@@H](C)O[C@@H](C)C4)cc(C)c3nc12. The summed E-state index contributed by atoms with van der Waals surface area (Å²) < 4.78 is 14.4. The third-order valence-corrected chi connectivity index (χ3v) is 7.58. The normalized spacial score (nSPS) is 26.8. The van der Waals surface area contributed by atoms with Crippen molar-refractivity contribution < 1.29 is 9.47 Å². The smallest absolute Gasteiger partial charge is 0.259 e. The van der Waals surface area contributed by atoms with Crippen molar-refractivity contribution in [1.82, 2.24) is 4.98 Å². The summed E-state index contributed by atoms with van der Waals surface area (Å²) in [5.74, 6) is 0. The van der Waals surface area contributed by atoms with E-state index in [0.717, 1.165) is 37.2 Å². The number of hydrogen-bond donors (Lipinski definition) is 0. The minimum atomic E-state index is 0.247. The van der Waals surface area contributed by atoms with E-state index in [4.69, 9.17) is 14.5 Å². The van der Waals surface area contributed by atoms with Gasteiger partial charge in [-0.2, -0.15) is 0 Å². The Labute approximate surface area is 195 Å². The van der Waals surface area contributed by atoms with Crippen LogP contribution in [0.1, 0.15) is 38.8 Å². The first-order valence-corrected chi connectivity index (χ1v) is 12.6. The quantitative estimate of drug-likeness (QED) is 0.375. The topological polar surface area (TPSA) is 37.8 Å². The lowest BCUT2D eigenvalue weighted by Crippen LogP contribution is -2.45. The van der Waals surface area contributed by atoms with Gasteiger partial charge in [-0.3, -0.25) is 0 Å². The fourth-order valence-corrected chi connectivity index (χ4v) is 6.48. The lowest BCUT2D eigenvalue weighted by Gasteiger charge is -2.37. The van der Waals surface area contributed by atoms with Crippen LogP contribution in [0.4, 0.5) is 11.4 Å². The maximum atomic E-state index is 5.95. The molecular weight excluding hydrogens is 418 g/mol. The fraction of sp³-hybridized carbons (Fsp3) is 0.538. The molecule has 0 unspecified atom stereocenters. The monoisotopic (exact) mass is 452 g/mol. The van der Waals surface area contributed by atoms with Gasteiger partial charge in [0, 0.05) is 49.7 Å². The van der Waals surface area contributed by atoms with Gasteiger partial charge in [0.2, 0.25) is 11.3 Å². The standard InChI is InChI=1S/C26H34N3O2S/c1-15-7-21(28-11-17(3)30-18(4)12-28)9-23-25(15)27-26-16(2)8-22(10-24(26)32-23)29-13-19(5)31-20(6)14-29/h7-10,17-20H,11-14H2,1-6H3/q+1/t17-,18-,19-,20+/m1/s1. The maximum Gasteiger partial charge on any atom is 0.259 e. The number of nitrogens with zero attached hydrogens (tertiary/aromatic N) is 3. The Morgan fingerprint density at radius 3 is 1.44 bits per heavy atom. The minimum absolute atomic E-state index is 0.247. The molecule has 2 aliphatic rings. The summed E-state index contributed by atoms with van der Waals surface area (Å²) in [6, 6.07) is 9.23. The first-order chi connectivity index (χ1) is 15.3. The molecule has 3 aromatic rings. The Hall–Kier alpha value is -2.02. The predicted molar refractivity (Wildman–Crippen MR) is 135 cm³/mol. The highest BCUT2D eigenvalue weighted by Gasteiger charge is 2.27. The van der Waals surface area contributed by atoms with Crippen LogP contribution in [0.15, 0.2) is 24.3 Å². The molecule has 170 valence electrons. The molecule has 6 heteroatoms. The Morgan fingerprint density at radius 1 is 0.688 bits per heavy atom. The van der Waals surface area contributed by atoms with E-state index in [1.54, 1.807) is 0 Å². The van der Waals surface area contributed by atoms with Crippen molar-refractivity contribution in [2.75, 3.05) is 36.0 Å². The second-order valence-corrected chi connectivity index (χ2v) is 10.8. The van der Waals surface area contributed by atoms with Crippen molar-refractivity contribution in [2.24, 2.45) is 0 Å². The van der Waals surface area contributed by atoms with Gasteiger partial charge in [0.05, 0.1) is 24.4 Å². The molecule has 32 heavy (non-hydrogen) atoms. The molecule has 4 atom stereocenters. The first kappa shape index (κ1) is 21.8. The maximum absolute atomic E-state index is 5.95. The zero-order chi connectivity index (χ0) is 22.6. The molecule has 2 saturated heterocycles. The number of fused-ring (bicyclic) bond motifs is 2. The van der Waals surface area contributed by atoms with Gasteiger partial charge in [0.25, 0.3) is 9.40 Å². The lowest BCUT2D eigenvalue weighted by molar-refractivity contribution is -0.00547. The zero-order valence-corrected chi connectivity index (χ0v) is 20.8. The highest BCUT2D eigenvalue weighted by atomic mass is 32.1. The Bertz CT molecular complexity index is 1060. The van der Waals surface area contributed by atoms with Crippen LogP contribution < -0.4 is 9.80 Å². The van der Waals surface area contributed by atoms with Crippen molar-refractivity contribution in [2.45, 2.75) is 66.0 Å². The molecule has 0 aliphatic carbocycles. The number of rotatable bonds is 2. The summed E-state index contributed by atoms with van der Waals surface area (Å²) in [5, 5.41) is 0. The van der Waals surface area contributed by atoms with E-state index < -0.39 is 0 Å². The average molecular weight is 453 g/mol. The summed E-state index contributed by atoms with van der Waals surface area (Å²) in [4.78, 5) is 10.1. The van der Waals surface area contributed by atoms with Crippen LogP contribution >= 0.6 is 11.3 Å². The van der Waals surface area contributed by atoms with E-state index in [-0.39, 0.29) is 24.4 Å².